The fourth-order valence-electron chi connectivity index (χ4n) is 5.57. The fraction of sp³-hybridized carbons (Fsp3) is 0.480. The lowest BCUT2D eigenvalue weighted by Gasteiger charge is -2.56. The molecule has 0 amide bonds. The molecule has 2 aliphatic rings. The minimum absolute atomic E-state index is 0.0111. The predicted molar refractivity (Wildman–Crippen MR) is 130 cm³/mol. The number of ether oxygens (including phenoxy) is 1. The number of phenolic OH excluding ortho intramolecular Hbond substituents is 1. The zero-order valence-corrected chi connectivity index (χ0v) is 20.4. The van der Waals surface area contributed by atoms with Crippen molar-refractivity contribution in [1.29, 1.82) is 0 Å². The zero-order chi connectivity index (χ0) is 24.8. The molecule has 4 atom stereocenters. The number of anilines is 1. The third kappa shape index (κ3) is 4.27. The van der Waals surface area contributed by atoms with E-state index in [4.69, 9.17) is 4.74 Å². The van der Waals surface area contributed by atoms with Crippen LogP contribution in [0.25, 0.3) is 22.5 Å². The Morgan fingerprint density at radius 3 is 2.66 bits per heavy atom. The molecule has 0 unspecified atom stereocenters. The molecule has 2 N–H and O–H groups in total. The van der Waals surface area contributed by atoms with Gasteiger partial charge >= 0.3 is 0 Å². The summed E-state index contributed by atoms with van der Waals surface area (Å²) in [6.07, 6.45) is 5.69. The summed E-state index contributed by atoms with van der Waals surface area (Å²) in [6.45, 7) is 4.15. The number of halogens is 1. The number of phenols is 1. The summed E-state index contributed by atoms with van der Waals surface area (Å²) in [5, 5.41) is 30.6. The summed E-state index contributed by atoms with van der Waals surface area (Å²) in [7, 11) is 3.37. The lowest BCUT2D eigenvalue weighted by Crippen LogP contribution is -2.72. The van der Waals surface area contributed by atoms with Gasteiger partial charge in [-0.3, -0.25) is 0 Å². The van der Waals surface area contributed by atoms with Crippen LogP contribution in [-0.4, -0.2) is 67.9 Å². The molecule has 2 saturated heterocycles. The number of rotatable bonds is 5. The Morgan fingerprint density at radius 2 is 1.94 bits per heavy atom. The number of methoxy groups -OCH3 is 1. The second-order valence-electron chi connectivity index (χ2n) is 10.1. The number of hydrogen-bond donors (Lipinski definition) is 2. The van der Waals surface area contributed by atoms with E-state index in [0.29, 0.717) is 23.7 Å². The molecule has 0 aliphatic carbocycles. The van der Waals surface area contributed by atoms with Gasteiger partial charge in [-0.05, 0) is 57.2 Å². The Hall–Kier alpha value is -3.40. The van der Waals surface area contributed by atoms with E-state index in [1.54, 1.807) is 30.6 Å². The number of fused-ring (bicyclic) bond motifs is 2. The topological polar surface area (TPSA) is 109 Å². The SMILES string of the molecule is COc1cc(-c2ccc(-c3ncc(N(C)[C@H]4C[C@]5(C)CCC[C@@](C)(N5)[C@H]4F)nn3)c(O)c2)cnn1. The summed E-state index contributed by atoms with van der Waals surface area (Å²) in [4.78, 5) is 6.28. The van der Waals surface area contributed by atoms with E-state index >= 15 is 4.39 Å². The van der Waals surface area contributed by atoms with Crippen molar-refractivity contribution < 1.29 is 14.2 Å². The first-order valence-corrected chi connectivity index (χ1v) is 11.8. The van der Waals surface area contributed by atoms with Crippen LogP contribution in [0.5, 0.6) is 11.6 Å². The first-order valence-electron chi connectivity index (χ1n) is 11.8. The number of aromatic nitrogens is 5. The van der Waals surface area contributed by atoms with Crippen molar-refractivity contribution in [3.05, 3.63) is 36.7 Å². The van der Waals surface area contributed by atoms with E-state index in [9.17, 15) is 5.11 Å². The maximum atomic E-state index is 15.6. The molecule has 1 aromatic carbocycles. The van der Waals surface area contributed by atoms with Crippen LogP contribution in [0.1, 0.15) is 39.5 Å². The summed E-state index contributed by atoms with van der Waals surface area (Å²) in [6, 6.07) is 6.58. The van der Waals surface area contributed by atoms with Crippen molar-refractivity contribution in [2.75, 3.05) is 19.1 Å². The summed E-state index contributed by atoms with van der Waals surface area (Å²) < 4.78 is 20.7. The monoisotopic (exact) mass is 479 g/mol. The molecule has 3 aromatic rings. The highest BCUT2D eigenvalue weighted by atomic mass is 19.1. The van der Waals surface area contributed by atoms with E-state index in [0.717, 1.165) is 30.4 Å². The Balaban J connectivity index is 1.37. The van der Waals surface area contributed by atoms with Crippen molar-refractivity contribution in [2.24, 2.45) is 0 Å². The Morgan fingerprint density at radius 1 is 1.11 bits per heavy atom. The Bertz CT molecular complexity index is 1230. The molecule has 2 aliphatic heterocycles. The molecular formula is C25H30FN7O2. The van der Waals surface area contributed by atoms with E-state index in [1.165, 1.54) is 7.11 Å². The van der Waals surface area contributed by atoms with Gasteiger partial charge in [0, 0.05) is 29.8 Å². The van der Waals surface area contributed by atoms with Gasteiger partial charge in [0.25, 0.3) is 0 Å². The molecule has 0 spiro atoms. The number of aromatic hydroxyl groups is 1. The highest BCUT2D eigenvalue weighted by molar-refractivity contribution is 5.72. The summed E-state index contributed by atoms with van der Waals surface area (Å²) >= 11 is 0. The van der Waals surface area contributed by atoms with Crippen molar-refractivity contribution in [3.63, 3.8) is 0 Å². The van der Waals surface area contributed by atoms with Gasteiger partial charge in [-0.2, -0.15) is 5.10 Å². The van der Waals surface area contributed by atoms with Gasteiger partial charge in [0.15, 0.2) is 11.6 Å². The largest absolute Gasteiger partial charge is 0.507 e. The van der Waals surface area contributed by atoms with Gasteiger partial charge in [-0.25, -0.2) is 9.37 Å². The highest BCUT2D eigenvalue weighted by Crippen LogP contribution is 2.43. The zero-order valence-electron chi connectivity index (χ0n) is 20.4. The second-order valence-corrected chi connectivity index (χ2v) is 10.1. The molecule has 10 heteroatoms. The minimum atomic E-state index is -1.04. The van der Waals surface area contributed by atoms with E-state index in [2.05, 4.69) is 37.6 Å². The number of nitrogens with zero attached hydrogens (tertiary/aromatic N) is 6. The highest BCUT2D eigenvalue weighted by Gasteiger charge is 2.53. The Labute approximate surface area is 203 Å². The molecule has 184 valence electrons. The Kier molecular flexibility index (Phi) is 5.79. The first-order chi connectivity index (χ1) is 16.7. The van der Waals surface area contributed by atoms with Crippen LogP contribution in [0, 0.1) is 0 Å². The lowest BCUT2D eigenvalue weighted by atomic mass is 9.68. The van der Waals surface area contributed by atoms with Crippen molar-refractivity contribution in [3.8, 4) is 34.1 Å². The predicted octanol–water partition coefficient (Wildman–Crippen LogP) is 3.55. The molecule has 4 heterocycles. The molecular weight excluding hydrogens is 449 g/mol. The number of alkyl halides is 1. The van der Waals surface area contributed by atoms with Crippen LogP contribution < -0.4 is 15.0 Å². The van der Waals surface area contributed by atoms with Crippen molar-refractivity contribution in [1.82, 2.24) is 30.7 Å². The molecule has 2 bridgehead atoms. The van der Waals surface area contributed by atoms with Crippen LogP contribution in [0.2, 0.25) is 0 Å². The maximum absolute atomic E-state index is 15.6. The van der Waals surface area contributed by atoms with Crippen molar-refractivity contribution in [2.45, 2.75) is 62.8 Å². The van der Waals surface area contributed by atoms with Crippen molar-refractivity contribution >= 4 is 5.82 Å². The van der Waals surface area contributed by atoms with Crippen LogP contribution in [0.3, 0.4) is 0 Å². The van der Waals surface area contributed by atoms with Crippen LogP contribution >= 0.6 is 0 Å². The minimum Gasteiger partial charge on any atom is -0.507 e. The number of nitrogens with one attached hydrogen (secondary N) is 1. The standard InChI is InChI=1S/C25H30FN7O2/c1-24-8-5-9-25(2,32-24)22(26)18(12-24)33(3)20-14-27-23(31-29-20)17-7-6-15(10-19(17)34)16-11-21(35-4)30-28-13-16/h6-7,10-11,13-14,18,22,32,34H,5,8-9,12H2,1-4H3/t18-,22-,24-,25+/m0/s1. The molecule has 35 heavy (non-hydrogen) atoms. The van der Waals surface area contributed by atoms with Crippen LogP contribution in [0.4, 0.5) is 10.2 Å². The first kappa shape index (κ1) is 23.3. The lowest BCUT2D eigenvalue weighted by molar-refractivity contribution is 0.00193. The number of hydrogen-bond acceptors (Lipinski definition) is 9. The maximum Gasteiger partial charge on any atom is 0.233 e. The van der Waals surface area contributed by atoms with Crippen LogP contribution in [-0.2, 0) is 0 Å². The van der Waals surface area contributed by atoms with Gasteiger partial charge in [0.1, 0.15) is 11.9 Å². The molecule has 9 nitrogen and oxygen atoms in total. The third-order valence-corrected chi connectivity index (χ3v) is 7.44. The number of piperidine rings is 2. The smallest absolute Gasteiger partial charge is 0.233 e. The number of benzene rings is 1. The summed E-state index contributed by atoms with van der Waals surface area (Å²) in [5.74, 6) is 1.18. The van der Waals surface area contributed by atoms with Crippen LogP contribution in [0.15, 0.2) is 36.7 Å². The fourth-order valence-corrected chi connectivity index (χ4v) is 5.57. The van der Waals surface area contributed by atoms with Gasteiger partial charge in [-0.1, -0.05) is 6.07 Å². The normalized spacial score (nSPS) is 27.9. The average Bonchev–Trinajstić information content (AvgIpc) is 2.86. The van der Waals surface area contributed by atoms with E-state index in [-0.39, 0.29) is 23.2 Å². The molecule has 0 saturated carbocycles. The average molecular weight is 480 g/mol. The van der Waals surface area contributed by atoms with Gasteiger partial charge in [-0.15, -0.1) is 15.3 Å². The second kappa shape index (κ2) is 8.67. The molecule has 5 rings (SSSR count). The van der Waals surface area contributed by atoms with E-state index in [1.807, 2.05) is 24.9 Å². The van der Waals surface area contributed by atoms with Gasteiger partial charge in [0.2, 0.25) is 5.88 Å². The molecule has 0 radical (unpaired) electrons. The van der Waals surface area contributed by atoms with E-state index < -0.39 is 11.7 Å². The van der Waals surface area contributed by atoms with Gasteiger partial charge < -0.3 is 20.1 Å². The van der Waals surface area contributed by atoms with Gasteiger partial charge in [0.05, 0.1) is 31.1 Å². The quantitative estimate of drug-likeness (QED) is 0.568. The molecule has 2 fully saturated rings. The third-order valence-electron chi connectivity index (χ3n) is 7.44. The summed E-state index contributed by atoms with van der Waals surface area (Å²) in [5.41, 5.74) is 1.30. The molecule has 2 aromatic heterocycles.